The van der Waals surface area contributed by atoms with Gasteiger partial charge in [-0.25, -0.2) is 0 Å². The lowest BCUT2D eigenvalue weighted by Crippen LogP contribution is -2.61. The van der Waals surface area contributed by atoms with E-state index in [9.17, 15) is 9.59 Å². The van der Waals surface area contributed by atoms with E-state index < -0.39 is 0 Å². The van der Waals surface area contributed by atoms with Gasteiger partial charge in [0.05, 0.1) is 6.10 Å². The van der Waals surface area contributed by atoms with E-state index in [1.807, 2.05) is 6.08 Å². The summed E-state index contributed by atoms with van der Waals surface area (Å²) in [6.07, 6.45) is 8.90. The fourth-order valence-corrected chi connectivity index (χ4v) is 6.36. The van der Waals surface area contributed by atoms with Crippen molar-refractivity contribution in [2.24, 2.45) is 23.2 Å². The average Bonchev–Trinajstić information content (AvgIpc) is 2.56. The molecule has 6 atom stereocenters. The minimum Gasteiger partial charge on any atom is -0.381 e. The SMILES string of the molecule is COC1CCC(C)([C@H]2CCC3(C)NC(=O)CC[C@H]3C2C)/C(=C\C(C)=O)C1. The number of nitrogens with one attached hydrogen (secondary N) is 1. The Morgan fingerprint density at radius 3 is 2.58 bits per heavy atom. The molecule has 1 N–H and O–H groups in total. The smallest absolute Gasteiger partial charge is 0.220 e. The highest BCUT2D eigenvalue weighted by molar-refractivity contribution is 5.88. The first-order chi connectivity index (χ1) is 12.2. The van der Waals surface area contributed by atoms with Crippen molar-refractivity contribution >= 4 is 11.7 Å². The van der Waals surface area contributed by atoms with E-state index in [1.54, 1.807) is 14.0 Å². The summed E-state index contributed by atoms with van der Waals surface area (Å²) in [7, 11) is 1.78. The van der Waals surface area contributed by atoms with Crippen LogP contribution in [-0.4, -0.2) is 30.4 Å². The lowest BCUT2D eigenvalue weighted by atomic mass is 9.51. The molecule has 0 aromatic heterocycles. The first kappa shape index (κ1) is 19.6. The summed E-state index contributed by atoms with van der Waals surface area (Å²) in [6.45, 7) is 8.64. The van der Waals surface area contributed by atoms with Crippen LogP contribution in [0.5, 0.6) is 0 Å². The molecule has 1 saturated heterocycles. The zero-order valence-corrected chi connectivity index (χ0v) is 17.1. The van der Waals surface area contributed by atoms with E-state index in [4.69, 9.17) is 4.74 Å². The van der Waals surface area contributed by atoms with Gasteiger partial charge in [-0.2, -0.15) is 0 Å². The minimum atomic E-state index is -0.0597. The van der Waals surface area contributed by atoms with E-state index in [1.165, 1.54) is 5.57 Å². The van der Waals surface area contributed by atoms with Gasteiger partial charge in [0.15, 0.2) is 5.78 Å². The second-order valence-electron chi connectivity index (χ2n) is 9.41. The van der Waals surface area contributed by atoms with Gasteiger partial charge in [-0.15, -0.1) is 0 Å². The Balaban J connectivity index is 1.89. The molecular weight excluding hydrogens is 326 g/mol. The van der Waals surface area contributed by atoms with E-state index in [-0.39, 0.29) is 28.7 Å². The van der Waals surface area contributed by atoms with E-state index >= 15 is 0 Å². The number of allylic oxidation sites excluding steroid dienone is 1. The number of carbonyl (C=O) groups excluding carboxylic acids is 2. The molecule has 3 fully saturated rings. The van der Waals surface area contributed by atoms with Crippen LogP contribution in [0.2, 0.25) is 0 Å². The van der Waals surface area contributed by atoms with Gasteiger partial charge in [0.25, 0.3) is 0 Å². The van der Waals surface area contributed by atoms with Crippen LogP contribution in [0.25, 0.3) is 0 Å². The third kappa shape index (κ3) is 3.37. The summed E-state index contributed by atoms with van der Waals surface area (Å²) in [5.74, 6) is 1.96. The van der Waals surface area contributed by atoms with Crippen molar-refractivity contribution in [2.75, 3.05) is 7.11 Å². The highest BCUT2D eigenvalue weighted by atomic mass is 16.5. The van der Waals surface area contributed by atoms with Crippen molar-refractivity contribution < 1.29 is 14.3 Å². The van der Waals surface area contributed by atoms with Gasteiger partial charge < -0.3 is 10.1 Å². The molecule has 4 heteroatoms. The van der Waals surface area contributed by atoms with Crippen LogP contribution in [0.3, 0.4) is 0 Å². The summed E-state index contributed by atoms with van der Waals surface area (Å²) in [6, 6.07) is 0. The van der Waals surface area contributed by atoms with E-state index in [0.29, 0.717) is 24.2 Å². The molecule has 0 bridgehead atoms. The molecule has 3 rings (SSSR count). The monoisotopic (exact) mass is 361 g/mol. The van der Waals surface area contributed by atoms with Gasteiger partial charge >= 0.3 is 0 Å². The number of ether oxygens (including phenoxy) is 1. The van der Waals surface area contributed by atoms with Crippen molar-refractivity contribution in [1.82, 2.24) is 5.32 Å². The summed E-state index contributed by atoms with van der Waals surface area (Å²) in [4.78, 5) is 23.9. The molecule has 1 amide bonds. The Morgan fingerprint density at radius 1 is 1.19 bits per heavy atom. The predicted molar refractivity (Wildman–Crippen MR) is 103 cm³/mol. The van der Waals surface area contributed by atoms with Gasteiger partial charge in [-0.1, -0.05) is 19.4 Å². The molecule has 0 radical (unpaired) electrons. The number of methoxy groups -OCH3 is 1. The van der Waals surface area contributed by atoms with E-state index in [2.05, 4.69) is 26.1 Å². The molecule has 4 unspecified atom stereocenters. The molecule has 3 aliphatic rings. The maximum Gasteiger partial charge on any atom is 0.220 e. The molecular formula is C22H35NO3. The first-order valence-corrected chi connectivity index (χ1v) is 10.2. The number of carbonyl (C=O) groups is 2. The largest absolute Gasteiger partial charge is 0.381 e. The maximum absolute atomic E-state index is 11.9. The highest BCUT2D eigenvalue weighted by Crippen LogP contribution is 2.57. The van der Waals surface area contributed by atoms with Crippen molar-refractivity contribution in [3.63, 3.8) is 0 Å². The molecule has 0 aromatic carbocycles. The van der Waals surface area contributed by atoms with Crippen molar-refractivity contribution in [3.8, 4) is 0 Å². The second kappa shape index (κ2) is 7.10. The topological polar surface area (TPSA) is 55.4 Å². The highest BCUT2D eigenvalue weighted by Gasteiger charge is 2.53. The minimum absolute atomic E-state index is 0.0584. The Bertz CT molecular complexity index is 613. The standard InChI is InChI=1S/C22H35NO3/c1-14(24)12-16-13-17(26-5)8-10-21(16,3)18-9-11-22(4)19(15(18)2)6-7-20(25)23-22/h12,15,17-19H,6-11,13H2,1-5H3,(H,23,25)/b16-12-/t15?,17?,18-,19-,21?,22?/m0/s1. The van der Waals surface area contributed by atoms with Gasteiger partial charge in [0.1, 0.15) is 0 Å². The Kier molecular flexibility index (Phi) is 5.35. The lowest BCUT2D eigenvalue weighted by Gasteiger charge is -2.57. The molecule has 1 aliphatic heterocycles. The molecule has 4 nitrogen and oxygen atoms in total. The molecule has 0 aromatic rings. The summed E-state index contributed by atoms with van der Waals surface area (Å²) < 4.78 is 5.62. The van der Waals surface area contributed by atoms with Gasteiger partial charge in [0.2, 0.25) is 5.91 Å². The fraction of sp³-hybridized carbons (Fsp3) is 0.818. The first-order valence-electron chi connectivity index (χ1n) is 10.2. The number of amides is 1. The molecule has 26 heavy (non-hydrogen) atoms. The fourth-order valence-electron chi connectivity index (χ4n) is 6.36. The molecule has 2 saturated carbocycles. The number of piperidine rings is 1. The number of hydrogen-bond acceptors (Lipinski definition) is 3. The predicted octanol–water partition coefficient (Wildman–Crippen LogP) is 4.04. The van der Waals surface area contributed by atoms with Crippen LogP contribution in [0.15, 0.2) is 11.6 Å². The van der Waals surface area contributed by atoms with Crippen LogP contribution in [-0.2, 0) is 14.3 Å². The number of rotatable bonds is 3. The average molecular weight is 362 g/mol. The van der Waals surface area contributed by atoms with Gasteiger partial charge in [0, 0.05) is 19.1 Å². The molecule has 146 valence electrons. The number of ketones is 1. The summed E-state index contributed by atoms with van der Waals surface area (Å²) in [5.41, 5.74) is 1.28. The van der Waals surface area contributed by atoms with E-state index in [0.717, 1.165) is 38.5 Å². The summed E-state index contributed by atoms with van der Waals surface area (Å²) in [5, 5.41) is 3.29. The van der Waals surface area contributed by atoms with Crippen LogP contribution in [0.1, 0.15) is 72.6 Å². The van der Waals surface area contributed by atoms with Crippen molar-refractivity contribution in [1.29, 1.82) is 0 Å². The second-order valence-corrected chi connectivity index (χ2v) is 9.41. The maximum atomic E-state index is 11.9. The van der Waals surface area contributed by atoms with Crippen LogP contribution in [0.4, 0.5) is 0 Å². The Labute approximate surface area is 158 Å². The van der Waals surface area contributed by atoms with Crippen LogP contribution in [0, 0.1) is 23.2 Å². The molecule has 0 spiro atoms. The number of hydrogen-bond donors (Lipinski definition) is 1. The Morgan fingerprint density at radius 2 is 1.92 bits per heavy atom. The lowest BCUT2D eigenvalue weighted by molar-refractivity contribution is -0.130. The number of fused-ring (bicyclic) bond motifs is 1. The van der Waals surface area contributed by atoms with Crippen LogP contribution < -0.4 is 5.32 Å². The molecule has 2 aliphatic carbocycles. The van der Waals surface area contributed by atoms with Gasteiger partial charge in [-0.3, -0.25) is 9.59 Å². The normalized spacial score (nSPS) is 45.1. The van der Waals surface area contributed by atoms with Crippen LogP contribution >= 0.6 is 0 Å². The zero-order chi connectivity index (χ0) is 19.1. The quantitative estimate of drug-likeness (QED) is 0.772. The summed E-state index contributed by atoms with van der Waals surface area (Å²) >= 11 is 0. The van der Waals surface area contributed by atoms with Gasteiger partial charge in [-0.05, 0) is 81.6 Å². The molecule has 1 heterocycles. The Hall–Kier alpha value is -1.16. The van der Waals surface area contributed by atoms with Crippen molar-refractivity contribution in [2.45, 2.75) is 84.3 Å². The third-order valence-corrected chi connectivity index (χ3v) is 7.87. The van der Waals surface area contributed by atoms with Crippen molar-refractivity contribution in [3.05, 3.63) is 11.6 Å². The third-order valence-electron chi connectivity index (χ3n) is 7.87. The zero-order valence-electron chi connectivity index (χ0n) is 17.1.